The number of para-hydroxylation sites is 2. The molecule has 6 aromatic rings. The summed E-state index contributed by atoms with van der Waals surface area (Å²) >= 11 is 0. The quantitative estimate of drug-likeness (QED) is 0.301. The minimum Gasteiger partial charge on any atom is -0.366 e. The first-order chi connectivity index (χ1) is 18.0. The van der Waals surface area contributed by atoms with Crippen molar-refractivity contribution < 1.29 is 0 Å². The molecule has 0 spiro atoms. The normalized spacial score (nSPS) is 17.1. The van der Waals surface area contributed by atoms with Crippen molar-refractivity contribution in [2.75, 3.05) is 24.5 Å². The number of fused-ring (bicyclic) bond motifs is 3. The largest absolute Gasteiger partial charge is 0.366 e. The van der Waals surface area contributed by atoms with Crippen LogP contribution in [0.25, 0.3) is 55.9 Å². The van der Waals surface area contributed by atoms with Crippen LogP contribution in [-0.4, -0.2) is 66.8 Å². The third-order valence-corrected chi connectivity index (χ3v) is 7.64. The third kappa shape index (κ3) is 3.76. The van der Waals surface area contributed by atoms with Crippen molar-refractivity contribution in [1.29, 1.82) is 0 Å². The van der Waals surface area contributed by atoms with E-state index in [4.69, 9.17) is 9.97 Å². The molecule has 1 fully saturated rings. The second kappa shape index (κ2) is 8.45. The maximum Gasteiger partial charge on any atom is 0.159 e. The van der Waals surface area contributed by atoms with Crippen LogP contribution in [0.2, 0.25) is 0 Å². The summed E-state index contributed by atoms with van der Waals surface area (Å²) in [6.07, 6.45) is 0. The zero-order valence-corrected chi connectivity index (χ0v) is 21.3. The number of aromatic nitrogens is 6. The molecule has 1 aliphatic heterocycles. The fourth-order valence-corrected chi connectivity index (χ4v) is 5.56. The summed E-state index contributed by atoms with van der Waals surface area (Å²) < 4.78 is 0. The van der Waals surface area contributed by atoms with E-state index in [0.717, 1.165) is 75.5 Å². The molecule has 3 aromatic heterocycles. The Kier molecular flexibility index (Phi) is 5.04. The second-order valence-corrected chi connectivity index (χ2v) is 10.4. The minimum absolute atomic E-state index is 0.461. The van der Waals surface area contributed by atoms with Crippen molar-refractivity contribution >= 4 is 38.7 Å². The maximum atomic E-state index is 4.89. The minimum atomic E-state index is 0.461. The molecule has 7 rings (SSSR count). The Labute approximate surface area is 214 Å². The summed E-state index contributed by atoms with van der Waals surface area (Å²) in [6, 6.07) is 21.9. The predicted molar refractivity (Wildman–Crippen MR) is 150 cm³/mol. The molecule has 0 aliphatic carbocycles. The first-order valence-corrected chi connectivity index (χ1v) is 13.0. The van der Waals surface area contributed by atoms with E-state index in [2.05, 4.69) is 81.1 Å². The molecule has 186 valence electrons. The van der Waals surface area contributed by atoms with Crippen LogP contribution in [0.1, 0.15) is 20.8 Å². The first kappa shape index (κ1) is 22.1. The van der Waals surface area contributed by atoms with E-state index >= 15 is 0 Å². The molecule has 37 heavy (non-hydrogen) atoms. The van der Waals surface area contributed by atoms with Crippen molar-refractivity contribution in [2.45, 2.75) is 32.9 Å². The Morgan fingerprint density at radius 2 is 1.65 bits per heavy atom. The van der Waals surface area contributed by atoms with Gasteiger partial charge in [-0.15, -0.1) is 0 Å². The molecule has 3 aromatic carbocycles. The molecule has 0 radical (unpaired) electrons. The van der Waals surface area contributed by atoms with Gasteiger partial charge in [-0.05, 0) is 69.3 Å². The lowest BCUT2D eigenvalue weighted by Crippen LogP contribution is -2.53. The second-order valence-electron chi connectivity index (χ2n) is 10.4. The summed E-state index contributed by atoms with van der Waals surface area (Å²) in [7, 11) is 0. The molecule has 0 saturated carbocycles. The highest BCUT2D eigenvalue weighted by atomic mass is 15.3. The number of imidazole rings is 2. The van der Waals surface area contributed by atoms with Gasteiger partial charge in [0.25, 0.3) is 0 Å². The van der Waals surface area contributed by atoms with Gasteiger partial charge >= 0.3 is 0 Å². The monoisotopic (exact) mass is 490 g/mol. The smallest absolute Gasteiger partial charge is 0.159 e. The Bertz CT molecular complexity index is 1710. The molecule has 3 N–H and O–H groups in total. The Hall–Kier alpha value is -4.17. The van der Waals surface area contributed by atoms with Crippen LogP contribution in [0.15, 0.2) is 60.7 Å². The molecular formula is C29H30N8. The van der Waals surface area contributed by atoms with Gasteiger partial charge in [0.15, 0.2) is 5.82 Å². The van der Waals surface area contributed by atoms with E-state index in [1.807, 2.05) is 30.3 Å². The number of piperazine rings is 1. The molecule has 0 amide bonds. The van der Waals surface area contributed by atoms with Gasteiger partial charge in [0.05, 0.1) is 27.6 Å². The number of rotatable bonds is 4. The van der Waals surface area contributed by atoms with Gasteiger partial charge in [-0.25, -0.2) is 9.97 Å². The van der Waals surface area contributed by atoms with E-state index in [9.17, 15) is 0 Å². The maximum absolute atomic E-state index is 4.89. The highest BCUT2D eigenvalue weighted by molar-refractivity contribution is 5.96. The van der Waals surface area contributed by atoms with Gasteiger partial charge in [-0.3, -0.25) is 10.00 Å². The van der Waals surface area contributed by atoms with Crippen molar-refractivity contribution in [3.05, 3.63) is 60.7 Å². The zero-order chi connectivity index (χ0) is 25.1. The Morgan fingerprint density at radius 1 is 0.838 bits per heavy atom. The van der Waals surface area contributed by atoms with Crippen molar-refractivity contribution in [3.8, 4) is 22.9 Å². The van der Waals surface area contributed by atoms with Gasteiger partial charge in [0.2, 0.25) is 0 Å². The molecular weight excluding hydrogens is 460 g/mol. The van der Waals surface area contributed by atoms with Crippen LogP contribution in [0.3, 0.4) is 0 Å². The van der Waals surface area contributed by atoms with E-state index in [1.54, 1.807) is 0 Å². The van der Waals surface area contributed by atoms with Gasteiger partial charge in [0.1, 0.15) is 11.5 Å². The van der Waals surface area contributed by atoms with E-state index < -0.39 is 0 Å². The Morgan fingerprint density at radius 3 is 2.49 bits per heavy atom. The third-order valence-electron chi connectivity index (χ3n) is 7.64. The number of nitrogens with one attached hydrogen (secondary N) is 3. The number of hydrogen-bond donors (Lipinski definition) is 3. The lowest BCUT2D eigenvalue weighted by molar-refractivity contribution is 0.185. The summed E-state index contributed by atoms with van der Waals surface area (Å²) in [6.45, 7) is 10.1. The number of H-pyrrole nitrogens is 3. The van der Waals surface area contributed by atoms with E-state index in [-0.39, 0.29) is 0 Å². The number of anilines is 1. The van der Waals surface area contributed by atoms with Crippen molar-refractivity contribution in [3.63, 3.8) is 0 Å². The van der Waals surface area contributed by atoms with Gasteiger partial charge < -0.3 is 14.9 Å². The van der Waals surface area contributed by atoms with Crippen molar-refractivity contribution in [2.24, 2.45) is 0 Å². The molecule has 0 bridgehead atoms. The fourth-order valence-electron chi connectivity index (χ4n) is 5.56. The SMILES string of the molecule is CC(C)N1CCN(c2ccc3nc(-c4n[nH]c5ccc(-c6nc7ccccc7[nH]6)cc45)[nH]c3c2)C(C)C1. The van der Waals surface area contributed by atoms with Gasteiger partial charge in [0, 0.05) is 48.4 Å². The summed E-state index contributed by atoms with van der Waals surface area (Å²) in [5.74, 6) is 1.61. The topological polar surface area (TPSA) is 92.5 Å². The lowest BCUT2D eigenvalue weighted by Gasteiger charge is -2.43. The predicted octanol–water partition coefficient (Wildman–Crippen LogP) is 5.57. The molecule has 4 heterocycles. The van der Waals surface area contributed by atoms with Crippen LogP contribution >= 0.6 is 0 Å². The molecule has 1 atom stereocenters. The highest BCUT2D eigenvalue weighted by Gasteiger charge is 2.25. The summed E-state index contributed by atoms with van der Waals surface area (Å²) in [5, 5.41) is 8.80. The molecule has 8 nitrogen and oxygen atoms in total. The van der Waals surface area contributed by atoms with Crippen LogP contribution in [-0.2, 0) is 0 Å². The van der Waals surface area contributed by atoms with E-state index in [0.29, 0.717) is 12.1 Å². The first-order valence-electron chi connectivity index (χ1n) is 13.0. The molecule has 8 heteroatoms. The molecule has 1 unspecified atom stereocenters. The molecule has 1 aliphatic rings. The standard InChI is InChI=1S/C29H30N8/c1-17(2)36-12-13-37(18(3)16-36)20-9-11-25-26(15-20)33-29(32-25)27-21-14-19(8-10-22(21)34-35-27)28-30-23-6-4-5-7-24(23)31-28/h4-11,14-15,17-18H,12-13,16H2,1-3H3,(H,30,31)(H,32,33)(H,34,35). The summed E-state index contributed by atoms with van der Waals surface area (Å²) in [5.41, 5.74) is 7.97. The fraction of sp³-hybridized carbons (Fsp3) is 0.276. The van der Waals surface area contributed by atoms with Crippen LogP contribution in [0.5, 0.6) is 0 Å². The lowest BCUT2D eigenvalue weighted by atomic mass is 10.1. The Balaban J connectivity index is 1.23. The number of aromatic amines is 3. The number of nitrogens with zero attached hydrogens (tertiary/aromatic N) is 5. The van der Waals surface area contributed by atoms with E-state index in [1.165, 1.54) is 5.69 Å². The van der Waals surface area contributed by atoms with Crippen LogP contribution in [0, 0.1) is 0 Å². The summed E-state index contributed by atoms with van der Waals surface area (Å²) in [4.78, 5) is 21.7. The van der Waals surface area contributed by atoms with Gasteiger partial charge in [-0.1, -0.05) is 12.1 Å². The number of hydrogen-bond acceptors (Lipinski definition) is 5. The van der Waals surface area contributed by atoms with Crippen LogP contribution < -0.4 is 4.90 Å². The number of benzene rings is 3. The highest BCUT2D eigenvalue weighted by Crippen LogP contribution is 2.32. The zero-order valence-electron chi connectivity index (χ0n) is 21.3. The average Bonchev–Trinajstić information content (AvgIpc) is 3.63. The average molecular weight is 491 g/mol. The van der Waals surface area contributed by atoms with Crippen LogP contribution in [0.4, 0.5) is 5.69 Å². The van der Waals surface area contributed by atoms with Gasteiger partial charge in [-0.2, -0.15) is 5.10 Å². The molecule has 1 saturated heterocycles. The van der Waals surface area contributed by atoms with Crippen molar-refractivity contribution in [1.82, 2.24) is 35.0 Å².